The van der Waals surface area contributed by atoms with Gasteiger partial charge in [0.15, 0.2) is 0 Å². The Hall–Kier alpha value is -2.28. The Labute approximate surface area is 126 Å². The highest BCUT2D eigenvalue weighted by Gasteiger charge is 2.28. The van der Waals surface area contributed by atoms with Crippen LogP contribution >= 0.6 is 11.6 Å². The number of nitrogen functional groups attached to an aromatic ring is 1. The SMILES string of the molecule is CN1CC(=O)N(CC(=O)Nc2ccc(Cl)c(N)c2)CC1=O. The molecule has 0 unspecified atom stereocenters. The summed E-state index contributed by atoms with van der Waals surface area (Å²) in [5.41, 5.74) is 6.47. The van der Waals surface area contributed by atoms with Crippen LogP contribution in [0.15, 0.2) is 18.2 Å². The summed E-state index contributed by atoms with van der Waals surface area (Å²) in [7, 11) is 1.55. The Morgan fingerprint density at radius 3 is 2.71 bits per heavy atom. The van der Waals surface area contributed by atoms with Crippen molar-refractivity contribution in [3.8, 4) is 0 Å². The maximum absolute atomic E-state index is 11.9. The number of carbonyl (C=O) groups excluding carboxylic acids is 3. The molecule has 0 radical (unpaired) electrons. The number of halogens is 1. The Balaban J connectivity index is 1.96. The van der Waals surface area contributed by atoms with Gasteiger partial charge in [0, 0.05) is 12.7 Å². The van der Waals surface area contributed by atoms with Crippen molar-refractivity contribution in [2.45, 2.75) is 0 Å². The number of benzene rings is 1. The van der Waals surface area contributed by atoms with E-state index in [1.807, 2.05) is 0 Å². The second-order valence-electron chi connectivity index (χ2n) is 4.78. The summed E-state index contributed by atoms with van der Waals surface area (Å²) in [6.45, 7) is -0.285. The Morgan fingerprint density at radius 2 is 2.05 bits per heavy atom. The normalized spacial score (nSPS) is 15.3. The van der Waals surface area contributed by atoms with Crippen LogP contribution in [0.3, 0.4) is 0 Å². The molecular formula is C13H15ClN4O3. The third kappa shape index (κ3) is 3.63. The van der Waals surface area contributed by atoms with Crippen molar-refractivity contribution >= 4 is 40.7 Å². The minimum atomic E-state index is -0.401. The molecule has 0 bridgehead atoms. The molecule has 3 amide bonds. The minimum Gasteiger partial charge on any atom is -0.397 e. The molecular weight excluding hydrogens is 296 g/mol. The van der Waals surface area contributed by atoms with Gasteiger partial charge in [-0.25, -0.2) is 0 Å². The maximum atomic E-state index is 11.9. The van der Waals surface area contributed by atoms with Crippen LogP contribution in [0.4, 0.5) is 11.4 Å². The summed E-state index contributed by atoms with van der Waals surface area (Å²) in [4.78, 5) is 37.7. The molecule has 1 heterocycles. The number of amides is 3. The fraction of sp³-hybridized carbons (Fsp3) is 0.308. The van der Waals surface area contributed by atoms with Crippen molar-refractivity contribution < 1.29 is 14.4 Å². The fourth-order valence-electron chi connectivity index (χ4n) is 1.90. The monoisotopic (exact) mass is 310 g/mol. The van der Waals surface area contributed by atoms with Crippen molar-refractivity contribution in [2.75, 3.05) is 37.7 Å². The van der Waals surface area contributed by atoms with Gasteiger partial charge in [-0.15, -0.1) is 0 Å². The number of rotatable bonds is 3. The predicted molar refractivity (Wildman–Crippen MR) is 78.7 cm³/mol. The van der Waals surface area contributed by atoms with E-state index in [-0.39, 0.29) is 31.4 Å². The van der Waals surface area contributed by atoms with Crippen molar-refractivity contribution in [1.82, 2.24) is 9.80 Å². The predicted octanol–water partition coefficient (Wildman–Crippen LogP) is 0.161. The number of carbonyl (C=O) groups is 3. The molecule has 8 heteroatoms. The standard InChI is InChI=1S/C13H15ClN4O3/c1-17-6-13(21)18(7-12(17)20)5-11(19)16-8-2-3-9(14)10(15)4-8/h2-4H,5-7,15H2,1H3,(H,16,19). The molecule has 0 atom stereocenters. The second-order valence-corrected chi connectivity index (χ2v) is 5.19. The van der Waals surface area contributed by atoms with Gasteiger partial charge in [0.2, 0.25) is 17.7 Å². The summed E-state index contributed by atoms with van der Waals surface area (Å²) >= 11 is 5.79. The number of nitrogens with two attached hydrogens (primary N) is 1. The molecule has 1 saturated heterocycles. The van der Waals surface area contributed by atoms with Gasteiger partial charge in [-0.05, 0) is 18.2 Å². The third-order valence-electron chi connectivity index (χ3n) is 3.09. The zero-order valence-electron chi connectivity index (χ0n) is 11.4. The lowest BCUT2D eigenvalue weighted by Crippen LogP contribution is -2.54. The van der Waals surface area contributed by atoms with Gasteiger partial charge in [0.05, 0.1) is 17.3 Å². The second kappa shape index (κ2) is 6.01. The van der Waals surface area contributed by atoms with Crippen LogP contribution in [0.2, 0.25) is 5.02 Å². The van der Waals surface area contributed by atoms with E-state index in [1.165, 1.54) is 15.9 Å². The smallest absolute Gasteiger partial charge is 0.244 e. The van der Waals surface area contributed by atoms with Crippen molar-refractivity contribution in [2.24, 2.45) is 0 Å². The fourth-order valence-corrected chi connectivity index (χ4v) is 2.02. The number of nitrogens with zero attached hydrogens (tertiary/aromatic N) is 2. The average molecular weight is 311 g/mol. The number of nitrogens with one attached hydrogen (secondary N) is 1. The molecule has 1 aromatic rings. The molecule has 1 aliphatic rings. The van der Waals surface area contributed by atoms with E-state index >= 15 is 0 Å². The van der Waals surface area contributed by atoms with Gasteiger partial charge in [-0.2, -0.15) is 0 Å². The molecule has 1 aromatic carbocycles. The highest BCUT2D eigenvalue weighted by atomic mass is 35.5. The lowest BCUT2D eigenvalue weighted by atomic mass is 10.2. The molecule has 0 aromatic heterocycles. The summed E-state index contributed by atoms with van der Waals surface area (Å²) in [6, 6.07) is 4.70. The van der Waals surface area contributed by atoms with Crippen LogP contribution in [0.25, 0.3) is 0 Å². The van der Waals surface area contributed by atoms with E-state index in [1.54, 1.807) is 19.2 Å². The number of hydrogen-bond acceptors (Lipinski definition) is 4. The highest BCUT2D eigenvalue weighted by molar-refractivity contribution is 6.33. The third-order valence-corrected chi connectivity index (χ3v) is 3.44. The van der Waals surface area contributed by atoms with Gasteiger partial charge in [0.1, 0.15) is 13.1 Å². The molecule has 1 fully saturated rings. The van der Waals surface area contributed by atoms with Crippen molar-refractivity contribution in [1.29, 1.82) is 0 Å². The Morgan fingerprint density at radius 1 is 1.33 bits per heavy atom. The van der Waals surface area contributed by atoms with Gasteiger partial charge in [0.25, 0.3) is 0 Å². The van der Waals surface area contributed by atoms with E-state index < -0.39 is 5.91 Å². The number of anilines is 2. The molecule has 0 aliphatic carbocycles. The van der Waals surface area contributed by atoms with E-state index in [0.717, 1.165) is 0 Å². The molecule has 3 N–H and O–H groups in total. The summed E-state index contributed by atoms with van der Waals surface area (Å²) in [5, 5.41) is 3.00. The van der Waals surface area contributed by atoms with Gasteiger partial charge in [-0.1, -0.05) is 11.6 Å². The molecule has 1 aliphatic heterocycles. The largest absolute Gasteiger partial charge is 0.397 e. The summed E-state index contributed by atoms with van der Waals surface area (Å²) < 4.78 is 0. The van der Waals surface area contributed by atoms with Gasteiger partial charge >= 0.3 is 0 Å². The molecule has 7 nitrogen and oxygen atoms in total. The van der Waals surface area contributed by atoms with E-state index in [0.29, 0.717) is 16.4 Å². The van der Waals surface area contributed by atoms with E-state index in [2.05, 4.69) is 5.32 Å². The Bertz CT molecular complexity index is 605. The first-order valence-corrected chi connectivity index (χ1v) is 6.61. The Kier molecular flexibility index (Phi) is 4.32. The molecule has 2 rings (SSSR count). The first-order chi connectivity index (χ1) is 9.86. The molecule has 0 saturated carbocycles. The van der Waals surface area contributed by atoms with Gasteiger partial charge < -0.3 is 20.9 Å². The molecule has 0 spiro atoms. The summed E-state index contributed by atoms with van der Waals surface area (Å²) in [5.74, 6) is -0.858. The van der Waals surface area contributed by atoms with Crippen LogP contribution in [-0.2, 0) is 14.4 Å². The zero-order valence-corrected chi connectivity index (χ0v) is 12.2. The lowest BCUT2D eigenvalue weighted by Gasteiger charge is -2.31. The van der Waals surface area contributed by atoms with Crippen LogP contribution in [0, 0.1) is 0 Å². The highest BCUT2D eigenvalue weighted by Crippen LogP contribution is 2.22. The van der Waals surface area contributed by atoms with Crippen LogP contribution < -0.4 is 11.1 Å². The number of piperazine rings is 1. The molecule has 112 valence electrons. The van der Waals surface area contributed by atoms with Crippen molar-refractivity contribution in [3.63, 3.8) is 0 Å². The first-order valence-electron chi connectivity index (χ1n) is 6.23. The van der Waals surface area contributed by atoms with Crippen LogP contribution in [0.5, 0.6) is 0 Å². The maximum Gasteiger partial charge on any atom is 0.244 e. The first kappa shape index (κ1) is 15.1. The van der Waals surface area contributed by atoms with E-state index in [9.17, 15) is 14.4 Å². The topological polar surface area (TPSA) is 95.7 Å². The van der Waals surface area contributed by atoms with Crippen molar-refractivity contribution in [3.05, 3.63) is 23.2 Å². The molecule has 21 heavy (non-hydrogen) atoms. The van der Waals surface area contributed by atoms with E-state index in [4.69, 9.17) is 17.3 Å². The number of likely N-dealkylation sites (N-methyl/N-ethyl adjacent to an activating group) is 1. The summed E-state index contributed by atoms with van der Waals surface area (Å²) in [6.07, 6.45) is 0. The quantitative estimate of drug-likeness (QED) is 0.777. The minimum absolute atomic E-state index is 0.0139. The van der Waals surface area contributed by atoms with Crippen LogP contribution in [-0.4, -0.2) is 54.2 Å². The lowest BCUT2D eigenvalue weighted by molar-refractivity contribution is -0.149. The van der Waals surface area contributed by atoms with Crippen LogP contribution in [0.1, 0.15) is 0 Å². The van der Waals surface area contributed by atoms with Gasteiger partial charge in [-0.3, -0.25) is 14.4 Å². The zero-order chi connectivity index (χ0) is 15.6. The number of hydrogen-bond donors (Lipinski definition) is 2. The average Bonchev–Trinajstić information content (AvgIpc) is 2.40.